The summed E-state index contributed by atoms with van der Waals surface area (Å²) in [5, 5.41) is 11.6. The summed E-state index contributed by atoms with van der Waals surface area (Å²) in [6, 6.07) is -0.734. The molecule has 0 amide bonds. The number of ether oxygens (including phenoxy) is 3. The van der Waals surface area contributed by atoms with Gasteiger partial charge in [-0.05, 0) is 70.6 Å². The molecule has 0 aromatic rings. The largest absolute Gasteiger partial charge is 0.544 e. The molecule has 2 unspecified atom stereocenters. The molecule has 0 aromatic carbocycles. The predicted octanol–water partition coefficient (Wildman–Crippen LogP) is 9.30. The van der Waals surface area contributed by atoms with Crippen molar-refractivity contribution in [2.75, 3.05) is 41.0 Å². The lowest BCUT2D eigenvalue weighted by molar-refractivity contribution is -0.889. The van der Waals surface area contributed by atoms with Crippen LogP contribution in [0.5, 0.6) is 0 Å². The molecular weight excluding hydrogens is 654 g/mol. The van der Waals surface area contributed by atoms with Crippen LogP contribution in [-0.2, 0) is 28.6 Å². The van der Waals surface area contributed by atoms with Gasteiger partial charge in [-0.2, -0.15) is 0 Å². The average Bonchev–Trinajstić information content (AvgIpc) is 3.09. The quantitative estimate of drug-likeness (QED) is 0.0277. The standard InChI is InChI=1S/C44H75NO7/c1-6-8-10-12-14-15-16-17-18-19-20-21-22-23-24-25-26-27-29-30-32-34-42(46)51-39-40(38-50-37-36-41(44(48)49)45(3,4)5)52-43(47)35-33-31-28-13-11-9-7-2/h14-15,17-18,20-21,23-24,28,31,40-41H,6-13,16,19,22,25-27,29-30,32-39H2,1-5H3/b15-14+,18-17+,21-20+,24-23+,31-28+. The average molecular weight is 730 g/mol. The molecule has 8 heteroatoms. The van der Waals surface area contributed by atoms with E-state index in [1.165, 1.54) is 38.5 Å². The molecule has 0 saturated heterocycles. The Morgan fingerprint density at radius 1 is 0.577 bits per heavy atom. The van der Waals surface area contributed by atoms with E-state index in [4.69, 9.17) is 14.2 Å². The highest BCUT2D eigenvalue weighted by Gasteiger charge is 2.25. The van der Waals surface area contributed by atoms with Crippen LogP contribution in [0.15, 0.2) is 60.8 Å². The van der Waals surface area contributed by atoms with Gasteiger partial charge in [0.1, 0.15) is 12.6 Å². The van der Waals surface area contributed by atoms with E-state index in [1.54, 1.807) is 21.1 Å². The smallest absolute Gasteiger partial charge is 0.306 e. The second-order valence-electron chi connectivity index (χ2n) is 14.5. The number of carbonyl (C=O) groups is 3. The van der Waals surface area contributed by atoms with Crippen LogP contribution < -0.4 is 5.11 Å². The number of rotatable bonds is 35. The second kappa shape index (κ2) is 35.1. The number of nitrogens with zero attached hydrogens (tertiary/aromatic N) is 1. The van der Waals surface area contributed by atoms with E-state index in [9.17, 15) is 19.5 Å². The maximum absolute atomic E-state index is 12.5. The van der Waals surface area contributed by atoms with Gasteiger partial charge in [0.25, 0.3) is 0 Å². The minimum Gasteiger partial charge on any atom is -0.544 e. The Kier molecular flexibility index (Phi) is 33.1. The van der Waals surface area contributed by atoms with Crippen LogP contribution in [0.4, 0.5) is 0 Å². The van der Waals surface area contributed by atoms with Crippen LogP contribution in [0.2, 0.25) is 0 Å². The first-order valence-corrected chi connectivity index (χ1v) is 20.3. The lowest BCUT2D eigenvalue weighted by Crippen LogP contribution is -2.55. The maximum atomic E-state index is 12.5. The van der Waals surface area contributed by atoms with E-state index in [0.717, 1.165) is 70.6 Å². The fraction of sp³-hybridized carbons (Fsp3) is 0.705. The number of hydrogen-bond donors (Lipinski definition) is 0. The lowest BCUT2D eigenvalue weighted by atomic mass is 10.1. The number of carboxylic acids is 1. The molecule has 0 aromatic heterocycles. The zero-order chi connectivity index (χ0) is 38.5. The Labute approximate surface area is 318 Å². The summed E-state index contributed by atoms with van der Waals surface area (Å²) in [4.78, 5) is 36.5. The van der Waals surface area contributed by atoms with Crippen molar-refractivity contribution in [3.63, 3.8) is 0 Å². The number of esters is 2. The zero-order valence-corrected chi connectivity index (χ0v) is 33.7. The van der Waals surface area contributed by atoms with Crippen molar-refractivity contribution in [1.82, 2.24) is 0 Å². The number of aliphatic carboxylic acids is 1. The molecule has 8 nitrogen and oxygen atoms in total. The SMILES string of the molecule is CCCCC/C=C/C/C=C/C/C=C/C/C=C/CCCCCCCC(=O)OCC(COCCC(C(=O)[O-])[N+](C)(C)C)OC(=O)CC/C=C/CCCCC. The predicted molar refractivity (Wildman–Crippen MR) is 212 cm³/mol. The second-order valence-corrected chi connectivity index (χ2v) is 14.5. The number of carboxylic acid groups (broad SMARTS) is 1. The number of unbranched alkanes of at least 4 members (excludes halogenated alkanes) is 11. The van der Waals surface area contributed by atoms with Crippen LogP contribution in [0.3, 0.4) is 0 Å². The van der Waals surface area contributed by atoms with Crippen LogP contribution in [-0.4, -0.2) is 75.5 Å². The molecule has 52 heavy (non-hydrogen) atoms. The first-order valence-electron chi connectivity index (χ1n) is 20.3. The van der Waals surface area contributed by atoms with Crippen LogP contribution >= 0.6 is 0 Å². The first kappa shape index (κ1) is 49.0. The van der Waals surface area contributed by atoms with Gasteiger partial charge in [0, 0.05) is 19.3 Å². The van der Waals surface area contributed by atoms with Gasteiger partial charge in [0.05, 0.1) is 40.3 Å². The number of quaternary nitrogens is 1. The Hall–Kier alpha value is -2.97. The summed E-state index contributed by atoms with van der Waals surface area (Å²) >= 11 is 0. The number of likely N-dealkylation sites (N-methyl/N-ethyl adjacent to an activating group) is 1. The third-order valence-corrected chi connectivity index (χ3v) is 8.64. The van der Waals surface area contributed by atoms with E-state index in [0.29, 0.717) is 12.8 Å². The van der Waals surface area contributed by atoms with Crippen molar-refractivity contribution >= 4 is 17.9 Å². The van der Waals surface area contributed by atoms with Gasteiger partial charge >= 0.3 is 11.9 Å². The number of hydrogen-bond acceptors (Lipinski definition) is 7. The van der Waals surface area contributed by atoms with E-state index in [2.05, 4.69) is 68.5 Å². The molecule has 0 saturated carbocycles. The van der Waals surface area contributed by atoms with E-state index >= 15 is 0 Å². The minimum atomic E-state index is -1.14. The van der Waals surface area contributed by atoms with E-state index in [1.807, 2.05) is 6.08 Å². The molecule has 0 heterocycles. The van der Waals surface area contributed by atoms with Crippen LogP contribution in [0.25, 0.3) is 0 Å². The van der Waals surface area contributed by atoms with Crippen molar-refractivity contribution in [2.24, 2.45) is 0 Å². The van der Waals surface area contributed by atoms with Gasteiger partial charge in [-0.3, -0.25) is 9.59 Å². The lowest BCUT2D eigenvalue weighted by Gasteiger charge is -2.34. The molecule has 0 fully saturated rings. The molecule has 2 atom stereocenters. The van der Waals surface area contributed by atoms with Crippen molar-refractivity contribution in [1.29, 1.82) is 0 Å². The van der Waals surface area contributed by atoms with Gasteiger partial charge < -0.3 is 28.6 Å². The third kappa shape index (κ3) is 32.9. The van der Waals surface area contributed by atoms with E-state index < -0.39 is 18.1 Å². The summed E-state index contributed by atoms with van der Waals surface area (Å²) in [6.45, 7) is 4.48. The van der Waals surface area contributed by atoms with Gasteiger partial charge in [-0.15, -0.1) is 0 Å². The third-order valence-electron chi connectivity index (χ3n) is 8.64. The maximum Gasteiger partial charge on any atom is 0.306 e. The summed E-state index contributed by atoms with van der Waals surface area (Å²) in [7, 11) is 5.37. The summed E-state index contributed by atoms with van der Waals surface area (Å²) in [5.74, 6) is -1.84. The highest BCUT2D eigenvalue weighted by atomic mass is 16.6. The Morgan fingerprint density at radius 3 is 1.60 bits per heavy atom. The Morgan fingerprint density at radius 2 is 1.06 bits per heavy atom. The zero-order valence-electron chi connectivity index (χ0n) is 33.7. The molecule has 0 bridgehead atoms. The first-order chi connectivity index (χ1) is 25.1. The summed E-state index contributed by atoms with van der Waals surface area (Å²) < 4.78 is 17.0. The van der Waals surface area contributed by atoms with Crippen molar-refractivity contribution in [2.45, 2.75) is 161 Å². The molecule has 0 rings (SSSR count). The number of carbonyl (C=O) groups excluding carboxylic acids is 3. The summed E-state index contributed by atoms with van der Waals surface area (Å²) in [5.41, 5.74) is 0. The fourth-order valence-electron chi connectivity index (χ4n) is 5.42. The fourth-order valence-corrected chi connectivity index (χ4v) is 5.42. The molecular formula is C44H75NO7. The van der Waals surface area contributed by atoms with Gasteiger partial charge in [-0.1, -0.05) is 120 Å². The molecule has 0 spiro atoms. The molecule has 0 radical (unpaired) electrons. The van der Waals surface area contributed by atoms with Crippen molar-refractivity contribution in [3.05, 3.63) is 60.8 Å². The minimum absolute atomic E-state index is 0.0161. The Balaban J connectivity index is 4.30. The molecule has 298 valence electrons. The van der Waals surface area contributed by atoms with Gasteiger partial charge in [-0.25, -0.2) is 0 Å². The highest BCUT2D eigenvalue weighted by molar-refractivity contribution is 5.70. The molecule has 0 aliphatic rings. The van der Waals surface area contributed by atoms with E-state index in [-0.39, 0.29) is 49.1 Å². The topological polar surface area (TPSA) is 102 Å². The molecule has 0 aliphatic carbocycles. The monoisotopic (exact) mass is 730 g/mol. The number of allylic oxidation sites excluding steroid dienone is 10. The van der Waals surface area contributed by atoms with Crippen LogP contribution in [0, 0.1) is 0 Å². The highest BCUT2D eigenvalue weighted by Crippen LogP contribution is 2.11. The summed E-state index contributed by atoms with van der Waals surface area (Å²) in [6.07, 6.45) is 41.3. The van der Waals surface area contributed by atoms with Gasteiger partial charge in [0.2, 0.25) is 0 Å². The van der Waals surface area contributed by atoms with Crippen molar-refractivity contribution in [3.8, 4) is 0 Å². The van der Waals surface area contributed by atoms with Crippen molar-refractivity contribution < 1.29 is 38.2 Å². The Bertz CT molecular complexity index is 1040. The van der Waals surface area contributed by atoms with Gasteiger partial charge in [0.15, 0.2) is 6.10 Å². The normalized spacial score (nSPS) is 13.6. The molecule has 0 aliphatic heterocycles. The van der Waals surface area contributed by atoms with Crippen LogP contribution in [0.1, 0.15) is 149 Å². The molecule has 0 N–H and O–H groups in total.